The van der Waals surface area contributed by atoms with Crippen molar-refractivity contribution in [2.24, 2.45) is 0 Å². The number of hydrogen-bond donors (Lipinski definition) is 0. The lowest BCUT2D eigenvalue weighted by molar-refractivity contribution is 0.0543. The molecule has 0 radical (unpaired) electrons. The molecule has 1 amide bonds. The molecule has 3 rings (SSSR count). The van der Waals surface area contributed by atoms with E-state index in [1.165, 1.54) is 10.8 Å². The number of aryl methyl sites for hydroxylation is 1. The molecule has 0 spiro atoms. The molecule has 0 saturated heterocycles. The van der Waals surface area contributed by atoms with Crippen LogP contribution in [0.5, 0.6) is 0 Å². The van der Waals surface area contributed by atoms with Crippen LogP contribution in [-0.2, 0) is 4.74 Å². The highest BCUT2D eigenvalue weighted by Gasteiger charge is 2.23. The first-order valence-electron chi connectivity index (χ1n) is 9.07. The topological polar surface area (TPSA) is 77.3 Å². The standard InChI is InChI=1S/C21H23BrN4O3/c1-12-9-13(7-8-14(12)19(27)25(5)6)15-11-26(20(28)29-21(2,3)4)18-17(15)24-16(22)10-23-18/h7-11H,1-6H3. The second-order valence-corrected chi connectivity index (χ2v) is 8.80. The molecule has 0 saturated carbocycles. The summed E-state index contributed by atoms with van der Waals surface area (Å²) >= 11 is 3.35. The van der Waals surface area contributed by atoms with Gasteiger partial charge in [-0.2, -0.15) is 0 Å². The van der Waals surface area contributed by atoms with Gasteiger partial charge in [0.25, 0.3) is 5.91 Å². The third-order valence-electron chi connectivity index (χ3n) is 4.23. The Balaban J connectivity index is 2.15. The summed E-state index contributed by atoms with van der Waals surface area (Å²) in [5.74, 6) is -0.0623. The van der Waals surface area contributed by atoms with Crippen molar-refractivity contribution >= 4 is 39.1 Å². The first kappa shape index (κ1) is 21.0. The maximum Gasteiger partial charge on any atom is 0.420 e. The first-order chi connectivity index (χ1) is 13.5. The van der Waals surface area contributed by atoms with Gasteiger partial charge in [-0.1, -0.05) is 12.1 Å². The van der Waals surface area contributed by atoms with Crippen LogP contribution in [-0.4, -0.2) is 51.1 Å². The van der Waals surface area contributed by atoms with E-state index in [-0.39, 0.29) is 5.91 Å². The van der Waals surface area contributed by atoms with Crippen molar-refractivity contribution in [2.75, 3.05) is 14.1 Å². The van der Waals surface area contributed by atoms with E-state index in [9.17, 15) is 9.59 Å². The smallest absolute Gasteiger partial charge is 0.420 e. The number of amides is 1. The van der Waals surface area contributed by atoms with Gasteiger partial charge in [0, 0.05) is 31.4 Å². The van der Waals surface area contributed by atoms with Gasteiger partial charge in [0.1, 0.15) is 15.7 Å². The van der Waals surface area contributed by atoms with Gasteiger partial charge in [0.05, 0.1) is 6.20 Å². The number of fused-ring (bicyclic) bond motifs is 1. The van der Waals surface area contributed by atoms with Crippen LogP contribution in [0.3, 0.4) is 0 Å². The summed E-state index contributed by atoms with van der Waals surface area (Å²) < 4.78 is 7.43. The van der Waals surface area contributed by atoms with Crippen molar-refractivity contribution in [3.63, 3.8) is 0 Å². The summed E-state index contributed by atoms with van der Waals surface area (Å²) in [7, 11) is 3.44. The molecule has 0 aliphatic rings. The Kier molecular flexibility index (Phi) is 5.49. The molecule has 0 N–H and O–H groups in total. The van der Waals surface area contributed by atoms with Crippen molar-refractivity contribution < 1.29 is 14.3 Å². The highest BCUT2D eigenvalue weighted by molar-refractivity contribution is 9.10. The molecule has 7 nitrogen and oxygen atoms in total. The van der Waals surface area contributed by atoms with Crippen LogP contribution in [0.4, 0.5) is 4.79 Å². The van der Waals surface area contributed by atoms with Crippen LogP contribution < -0.4 is 0 Å². The highest BCUT2D eigenvalue weighted by atomic mass is 79.9. The van der Waals surface area contributed by atoms with Gasteiger partial charge in [0.2, 0.25) is 0 Å². The number of aromatic nitrogens is 3. The van der Waals surface area contributed by atoms with E-state index >= 15 is 0 Å². The number of benzene rings is 1. The molecule has 8 heteroatoms. The molecule has 0 bridgehead atoms. The van der Waals surface area contributed by atoms with Crippen LogP contribution in [0.15, 0.2) is 35.2 Å². The van der Waals surface area contributed by atoms with Crippen molar-refractivity contribution in [1.82, 2.24) is 19.4 Å². The van der Waals surface area contributed by atoms with Gasteiger partial charge >= 0.3 is 6.09 Å². The molecule has 2 aromatic heterocycles. The molecule has 0 unspecified atom stereocenters. The lowest BCUT2D eigenvalue weighted by atomic mass is 10.0. The maximum absolute atomic E-state index is 12.7. The summed E-state index contributed by atoms with van der Waals surface area (Å²) in [6, 6.07) is 5.54. The van der Waals surface area contributed by atoms with Crippen molar-refractivity contribution in [1.29, 1.82) is 0 Å². The lowest BCUT2D eigenvalue weighted by Gasteiger charge is -2.19. The molecule has 3 aromatic rings. The van der Waals surface area contributed by atoms with Crippen LogP contribution in [0, 0.1) is 6.92 Å². The zero-order valence-corrected chi connectivity index (χ0v) is 18.9. The molecule has 0 aliphatic carbocycles. The van der Waals surface area contributed by atoms with Crippen molar-refractivity contribution in [3.05, 3.63) is 46.3 Å². The average molecular weight is 459 g/mol. The van der Waals surface area contributed by atoms with Crippen LogP contribution >= 0.6 is 15.9 Å². The van der Waals surface area contributed by atoms with Gasteiger partial charge in [-0.15, -0.1) is 0 Å². The quantitative estimate of drug-likeness (QED) is 0.558. The zero-order valence-electron chi connectivity index (χ0n) is 17.3. The number of halogens is 1. The summed E-state index contributed by atoms with van der Waals surface area (Å²) in [5.41, 5.74) is 3.36. The molecular weight excluding hydrogens is 436 g/mol. The van der Waals surface area contributed by atoms with E-state index in [1.807, 2.05) is 39.8 Å². The third kappa shape index (κ3) is 4.32. The molecule has 152 valence electrons. The first-order valence-corrected chi connectivity index (χ1v) is 9.87. The normalized spacial score (nSPS) is 11.6. The molecule has 29 heavy (non-hydrogen) atoms. The predicted octanol–water partition coefficient (Wildman–Crippen LogP) is 4.65. The van der Waals surface area contributed by atoms with Crippen LogP contribution in [0.25, 0.3) is 22.3 Å². The predicted molar refractivity (Wildman–Crippen MR) is 115 cm³/mol. The number of carbonyl (C=O) groups excluding carboxylic acids is 2. The summed E-state index contributed by atoms with van der Waals surface area (Å²) in [4.78, 5) is 35.4. The van der Waals surface area contributed by atoms with E-state index in [0.717, 1.165) is 16.7 Å². The summed E-state index contributed by atoms with van der Waals surface area (Å²) in [6.45, 7) is 7.31. The molecule has 2 heterocycles. The van der Waals surface area contributed by atoms with Gasteiger partial charge < -0.3 is 9.64 Å². The molecule has 1 aromatic carbocycles. The van der Waals surface area contributed by atoms with Crippen LogP contribution in [0.2, 0.25) is 0 Å². The minimum Gasteiger partial charge on any atom is -0.443 e. The fraction of sp³-hybridized carbons (Fsp3) is 0.333. The molecule has 0 atom stereocenters. The fourth-order valence-corrected chi connectivity index (χ4v) is 3.22. The Morgan fingerprint density at radius 2 is 1.90 bits per heavy atom. The van der Waals surface area contributed by atoms with E-state index < -0.39 is 11.7 Å². The summed E-state index contributed by atoms with van der Waals surface area (Å²) in [5, 5.41) is 0. The number of rotatable bonds is 2. The Morgan fingerprint density at radius 1 is 1.21 bits per heavy atom. The Bertz CT molecular complexity index is 1110. The third-order valence-corrected chi connectivity index (χ3v) is 4.61. The Hall–Kier alpha value is -2.74. The van der Waals surface area contributed by atoms with Crippen LogP contribution in [0.1, 0.15) is 36.7 Å². The number of hydrogen-bond acceptors (Lipinski definition) is 5. The lowest BCUT2D eigenvalue weighted by Crippen LogP contribution is -2.26. The second kappa shape index (κ2) is 7.59. The number of carbonyl (C=O) groups is 2. The minimum absolute atomic E-state index is 0.0623. The summed E-state index contributed by atoms with van der Waals surface area (Å²) in [6.07, 6.45) is 2.69. The highest BCUT2D eigenvalue weighted by Crippen LogP contribution is 2.31. The van der Waals surface area contributed by atoms with E-state index in [0.29, 0.717) is 21.3 Å². The molecule has 0 fully saturated rings. The van der Waals surface area contributed by atoms with Gasteiger partial charge in [0.15, 0.2) is 5.65 Å². The second-order valence-electron chi connectivity index (χ2n) is 7.99. The van der Waals surface area contributed by atoms with Gasteiger partial charge in [-0.05, 0) is 60.8 Å². The van der Waals surface area contributed by atoms with Gasteiger partial charge in [-0.25, -0.2) is 19.3 Å². The van der Waals surface area contributed by atoms with Crippen molar-refractivity contribution in [2.45, 2.75) is 33.3 Å². The van der Waals surface area contributed by atoms with Gasteiger partial charge in [-0.3, -0.25) is 4.79 Å². The SMILES string of the molecule is Cc1cc(-c2cn(C(=O)OC(C)(C)C)c3ncc(Br)nc23)ccc1C(=O)N(C)C. The van der Waals surface area contributed by atoms with E-state index in [1.54, 1.807) is 31.3 Å². The Morgan fingerprint density at radius 3 is 2.48 bits per heavy atom. The fourth-order valence-electron chi connectivity index (χ4n) is 2.94. The number of ether oxygens (including phenoxy) is 1. The zero-order chi connectivity index (χ0) is 21.5. The maximum atomic E-state index is 12.7. The van der Waals surface area contributed by atoms with E-state index in [2.05, 4.69) is 25.9 Å². The largest absolute Gasteiger partial charge is 0.443 e. The minimum atomic E-state index is -0.637. The van der Waals surface area contributed by atoms with Crippen molar-refractivity contribution in [3.8, 4) is 11.1 Å². The monoisotopic (exact) mass is 458 g/mol. The molecule has 0 aliphatic heterocycles. The Labute approximate surface area is 177 Å². The average Bonchev–Trinajstić information content (AvgIpc) is 2.98. The number of nitrogens with zero attached hydrogens (tertiary/aromatic N) is 4. The molecular formula is C21H23BrN4O3. The van der Waals surface area contributed by atoms with E-state index in [4.69, 9.17) is 4.74 Å².